The standard InChI is InChI=1S/C22H29N5O4S.Na.H/c1-26-13-18(12-23-26)27(17-7-4-10-31-14-17)32(29,30)25-22(28)24-21-19-8-2-5-15(19)11-16-6-3-9-20(16)21;;/h11-13,17H,2-10,14H2,1H3,(H2,24,25,28);;. The second-order valence-electron chi connectivity index (χ2n) is 8.83. The fourth-order valence-electron chi connectivity index (χ4n) is 5.25. The Morgan fingerprint density at radius 1 is 1.15 bits per heavy atom. The Morgan fingerprint density at radius 2 is 1.85 bits per heavy atom. The molecule has 1 atom stereocenters. The van der Waals surface area contributed by atoms with Gasteiger partial charge in [0.25, 0.3) is 0 Å². The molecule has 1 saturated heterocycles. The summed E-state index contributed by atoms with van der Waals surface area (Å²) in [5, 5.41) is 7.02. The number of carbonyl (C=O) groups is 1. The number of urea groups is 1. The minimum atomic E-state index is -4.17. The number of amides is 2. The van der Waals surface area contributed by atoms with Gasteiger partial charge in [0.1, 0.15) is 0 Å². The van der Waals surface area contributed by atoms with Crippen LogP contribution in [0.4, 0.5) is 16.2 Å². The van der Waals surface area contributed by atoms with Gasteiger partial charge in [-0.2, -0.15) is 13.5 Å². The zero-order chi connectivity index (χ0) is 22.3. The normalized spacial score (nSPS) is 19.4. The van der Waals surface area contributed by atoms with Crippen molar-refractivity contribution in [1.29, 1.82) is 0 Å². The molecule has 2 aliphatic carbocycles. The van der Waals surface area contributed by atoms with Gasteiger partial charge in [0.15, 0.2) is 0 Å². The monoisotopic (exact) mass is 483 g/mol. The number of nitrogens with one attached hydrogen (secondary N) is 2. The molecule has 1 unspecified atom stereocenters. The number of rotatable bonds is 5. The molecular weight excluding hydrogens is 453 g/mol. The molecule has 2 amide bonds. The fourth-order valence-corrected chi connectivity index (χ4v) is 6.56. The molecule has 2 N–H and O–H groups in total. The predicted octanol–water partition coefficient (Wildman–Crippen LogP) is 1.80. The molecule has 1 aliphatic heterocycles. The van der Waals surface area contributed by atoms with Crippen LogP contribution >= 0.6 is 0 Å². The maximum absolute atomic E-state index is 13.4. The van der Waals surface area contributed by atoms with E-state index in [-0.39, 0.29) is 36.2 Å². The van der Waals surface area contributed by atoms with E-state index in [4.69, 9.17) is 4.74 Å². The summed E-state index contributed by atoms with van der Waals surface area (Å²) in [6.07, 6.45) is 10.5. The van der Waals surface area contributed by atoms with Crippen molar-refractivity contribution in [2.45, 2.75) is 57.4 Å². The number of hydrogen-bond acceptors (Lipinski definition) is 5. The number of nitrogens with zero attached hydrogens (tertiary/aromatic N) is 3. The van der Waals surface area contributed by atoms with Gasteiger partial charge in [-0.1, -0.05) is 6.07 Å². The third-order valence-corrected chi connectivity index (χ3v) is 8.08. The first-order chi connectivity index (χ1) is 15.4. The number of carbonyl (C=O) groups excluding carboxylic acids is 1. The molecule has 1 aromatic heterocycles. The van der Waals surface area contributed by atoms with Crippen molar-refractivity contribution in [2.24, 2.45) is 7.05 Å². The SMILES string of the molecule is Cn1cc(N(C2CCCOC2)S(=O)(=O)NC(=O)Nc2c3c(cc4c2CCC4)CCC3)cn1.[NaH]. The Kier molecular flexibility index (Phi) is 7.40. The van der Waals surface area contributed by atoms with E-state index in [0.29, 0.717) is 18.7 Å². The minimum absolute atomic E-state index is 0. The van der Waals surface area contributed by atoms with Crippen molar-refractivity contribution in [3.8, 4) is 0 Å². The second-order valence-corrected chi connectivity index (χ2v) is 10.4. The van der Waals surface area contributed by atoms with Gasteiger partial charge in [0.2, 0.25) is 0 Å². The van der Waals surface area contributed by atoms with Crippen LogP contribution < -0.4 is 14.3 Å². The molecule has 3 aliphatic rings. The molecule has 0 saturated carbocycles. The average molecular weight is 484 g/mol. The summed E-state index contributed by atoms with van der Waals surface area (Å²) in [6, 6.07) is 1.14. The number of anilines is 2. The summed E-state index contributed by atoms with van der Waals surface area (Å²) in [7, 11) is -2.45. The average Bonchev–Trinajstić information content (AvgIpc) is 3.49. The van der Waals surface area contributed by atoms with Gasteiger partial charge < -0.3 is 10.1 Å². The van der Waals surface area contributed by atoms with Gasteiger partial charge in [-0.25, -0.2) is 13.8 Å². The predicted molar refractivity (Wildman–Crippen MR) is 128 cm³/mol. The summed E-state index contributed by atoms with van der Waals surface area (Å²) in [5.74, 6) is 0. The molecule has 2 heterocycles. The van der Waals surface area contributed by atoms with E-state index in [1.54, 1.807) is 13.2 Å². The fraction of sp³-hybridized carbons (Fsp3) is 0.545. The van der Waals surface area contributed by atoms with Crippen molar-refractivity contribution in [2.75, 3.05) is 22.8 Å². The Morgan fingerprint density at radius 3 is 2.42 bits per heavy atom. The number of hydrogen-bond donors (Lipinski definition) is 2. The molecule has 0 spiro atoms. The molecule has 174 valence electrons. The molecule has 1 fully saturated rings. The second kappa shape index (κ2) is 9.95. The van der Waals surface area contributed by atoms with Gasteiger partial charge in [-0.15, -0.1) is 0 Å². The van der Waals surface area contributed by atoms with Crippen LogP contribution in [0.25, 0.3) is 0 Å². The Labute approximate surface area is 216 Å². The molecule has 2 aromatic rings. The van der Waals surface area contributed by atoms with Crippen LogP contribution in [0.1, 0.15) is 47.9 Å². The van der Waals surface area contributed by atoms with Crippen molar-refractivity contribution < 1.29 is 17.9 Å². The molecular formula is C22H30N5NaO4S. The van der Waals surface area contributed by atoms with Crippen molar-refractivity contribution in [1.82, 2.24) is 14.5 Å². The number of benzene rings is 1. The summed E-state index contributed by atoms with van der Waals surface area (Å²) in [5.41, 5.74) is 6.09. The first-order valence-corrected chi connectivity index (χ1v) is 12.7. The number of ether oxygens (including phenoxy) is 1. The van der Waals surface area contributed by atoms with E-state index in [0.717, 1.165) is 61.8 Å². The van der Waals surface area contributed by atoms with E-state index in [2.05, 4.69) is 21.2 Å². The number of aromatic nitrogens is 2. The van der Waals surface area contributed by atoms with Gasteiger partial charge in [0.05, 0.1) is 24.5 Å². The van der Waals surface area contributed by atoms with E-state index in [1.807, 2.05) is 0 Å². The molecule has 1 aromatic carbocycles. The Bertz CT molecular complexity index is 1110. The zero-order valence-corrected chi connectivity index (χ0v) is 19.1. The molecule has 11 heteroatoms. The quantitative estimate of drug-likeness (QED) is 0.631. The van der Waals surface area contributed by atoms with Crippen LogP contribution in [-0.4, -0.2) is 73.0 Å². The van der Waals surface area contributed by atoms with Crippen LogP contribution in [0.5, 0.6) is 0 Å². The van der Waals surface area contributed by atoms with E-state index in [1.165, 1.54) is 26.3 Å². The maximum atomic E-state index is 13.4. The van der Waals surface area contributed by atoms with Crippen LogP contribution in [0, 0.1) is 0 Å². The van der Waals surface area contributed by atoms with Crippen LogP contribution in [-0.2, 0) is 47.7 Å². The summed E-state index contributed by atoms with van der Waals surface area (Å²) < 4.78 is 37.3. The van der Waals surface area contributed by atoms with Crippen molar-refractivity contribution in [3.05, 3.63) is 40.7 Å². The van der Waals surface area contributed by atoms with Gasteiger partial charge in [-0.05, 0) is 73.6 Å². The Hall–Kier alpha value is -1.59. The molecule has 0 bridgehead atoms. The summed E-state index contributed by atoms with van der Waals surface area (Å²) in [4.78, 5) is 13.0. The first-order valence-electron chi connectivity index (χ1n) is 11.3. The van der Waals surface area contributed by atoms with Gasteiger partial charge in [0, 0.05) is 25.5 Å². The summed E-state index contributed by atoms with van der Waals surface area (Å²) >= 11 is 0. The summed E-state index contributed by atoms with van der Waals surface area (Å²) in [6.45, 7) is 0.882. The molecule has 5 rings (SSSR count). The van der Waals surface area contributed by atoms with E-state index in [9.17, 15) is 13.2 Å². The van der Waals surface area contributed by atoms with Gasteiger partial charge >= 0.3 is 45.8 Å². The number of aryl methyl sites for hydroxylation is 3. The molecule has 9 nitrogen and oxygen atoms in total. The molecule has 33 heavy (non-hydrogen) atoms. The van der Waals surface area contributed by atoms with Crippen LogP contribution in [0.2, 0.25) is 0 Å². The van der Waals surface area contributed by atoms with Crippen LogP contribution in [0.15, 0.2) is 18.5 Å². The Balaban J connectivity index is 0.00000259. The third-order valence-electron chi connectivity index (χ3n) is 6.61. The number of fused-ring (bicyclic) bond motifs is 2. The first kappa shape index (κ1) is 24.5. The van der Waals surface area contributed by atoms with E-state index >= 15 is 0 Å². The zero-order valence-electron chi connectivity index (χ0n) is 18.3. The van der Waals surface area contributed by atoms with Crippen molar-refractivity contribution >= 4 is 57.2 Å². The van der Waals surface area contributed by atoms with Crippen LogP contribution in [0.3, 0.4) is 0 Å². The third kappa shape index (κ3) is 4.95. The van der Waals surface area contributed by atoms with Gasteiger partial charge in [-0.3, -0.25) is 4.68 Å². The topological polar surface area (TPSA) is 106 Å². The van der Waals surface area contributed by atoms with E-state index < -0.39 is 22.3 Å². The van der Waals surface area contributed by atoms with Crippen molar-refractivity contribution in [3.63, 3.8) is 0 Å². The molecule has 0 radical (unpaired) electrons.